The summed E-state index contributed by atoms with van der Waals surface area (Å²) in [6.07, 6.45) is 0. The maximum atomic E-state index is 8.40. The van der Waals surface area contributed by atoms with E-state index in [9.17, 15) is 0 Å². The first-order chi connectivity index (χ1) is 9.28. The highest BCUT2D eigenvalue weighted by molar-refractivity contribution is 5.27. The van der Waals surface area contributed by atoms with Gasteiger partial charge in [0.25, 0.3) is 0 Å². The van der Waals surface area contributed by atoms with Gasteiger partial charge in [0.15, 0.2) is 12.4 Å². The Kier molecular flexibility index (Phi) is 4.48. The molecule has 6 nitrogen and oxygen atoms in total. The zero-order chi connectivity index (χ0) is 13.5. The smallest absolute Gasteiger partial charge is 0.223 e. The largest absolute Gasteiger partial charge is 0.479 e. The Labute approximate surface area is 111 Å². The molecular formula is C13H14N4O2. The average molecular weight is 258 g/mol. The Morgan fingerprint density at radius 1 is 1.32 bits per heavy atom. The van der Waals surface area contributed by atoms with E-state index in [1.54, 1.807) is 6.92 Å². The number of nitriles is 1. The third-order valence-corrected chi connectivity index (χ3v) is 2.41. The van der Waals surface area contributed by atoms with Gasteiger partial charge in [-0.2, -0.15) is 10.2 Å². The minimum atomic E-state index is 0.0643. The van der Waals surface area contributed by atoms with Crippen LogP contribution in [0, 0.1) is 18.3 Å². The fourth-order valence-corrected chi connectivity index (χ4v) is 1.55. The van der Waals surface area contributed by atoms with Crippen LogP contribution in [0.3, 0.4) is 0 Å². The van der Waals surface area contributed by atoms with Crippen molar-refractivity contribution in [2.24, 2.45) is 0 Å². The van der Waals surface area contributed by atoms with Crippen molar-refractivity contribution >= 4 is 0 Å². The Hall–Kier alpha value is -2.39. The highest BCUT2D eigenvalue weighted by atomic mass is 16.5. The number of hydrogen-bond donors (Lipinski definition) is 1. The molecule has 0 unspecified atom stereocenters. The lowest BCUT2D eigenvalue weighted by atomic mass is 10.2. The predicted octanol–water partition coefficient (Wildman–Crippen LogP) is 1.57. The lowest BCUT2D eigenvalue weighted by Crippen LogP contribution is -2.13. The van der Waals surface area contributed by atoms with Crippen LogP contribution in [-0.2, 0) is 13.1 Å². The van der Waals surface area contributed by atoms with Crippen molar-refractivity contribution in [1.82, 2.24) is 15.5 Å². The molecule has 1 heterocycles. The molecule has 0 bridgehead atoms. The number of benzene rings is 1. The van der Waals surface area contributed by atoms with E-state index in [-0.39, 0.29) is 6.61 Å². The standard InChI is InChI=1S/C13H14N4O2/c1-10-16-13(17-19-10)9-15-8-11-2-4-12(5-3-11)18-7-6-14/h2-5,15H,7-9H2,1H3. The maximum absolute atomic E-state index is 8.40. The van der Waals surface area contributed by atoms with Gasteiger partial charge in [-0.15, -0.1) is 0 Å². The summed E-state index contributed by atoms with van der Waals surface area (Å²) in [5, 5.41) is 15.4. The summed E-state index contributed by atoms with van der Waals surface area (Å²) in [6, 6.07) is 9.50. The first-order valence-electron chi connectivity index (χ1n) is 5.86. The fourth-order valence-electron chi connectivity index (χ4n) is 1.55. The van der Waals surface area contributed by atoms with Crippen LogP contribution in [0.5, 0.6) is 5.75 Å². The van der Waals surface area contributed by atoms with Crippen molar-refractivity contribution in [2.45, 2.75) is 20.0 Å². The van der Waals surface area contributed by atoms with Gasteiger partial charge in [0.2, 0.25) is 5.89 Å². The monoisotopic (exact) mass is 258 g/mol. The van der Waals surface area contributed by atoms with Crippen molar-refractivity contribution in [3.05, 3.63) is 41.5 Å². The number of ether oxygens (including phenoxy) is 1. The van der Waals surface area contributed by atoms with Crippen LogP contribution < -0.4 is 10.1 Å². The van der Waals surface area contributed by atoms with Crippen molar-refractivity contribution in [1.29, 1.82) is 5.26 Å². The van der Waals surface area contributed by atoms with E-state index >= 15 is 0 Å². The molecular weight excluding hydrogens is 244 g/mol. The van der Waals surface area contributed by atoms with E-state index in [4.69, 9.17) is 14.5 Å². The van der Waals surface area contributed by atoms with Crippen LogP contribution >= 0.6 is 0 Å². The molecule has 0 saturated carbocycles. The van der Waals surface area contributed by atoms with Crippen LogP contribution in [0.1, 0.15) is 17.3 Å². The van der Waals surface area contributed by atoms with Gasteiger partial charge in [-0.3, -0.25) is 0 Å². The number of nitrogens with one attached hydrogen (secondary N) is 1. The molecule has 2 aromatic rings. The molecule has 0 spiro atoms. The summed E-state index contributed by atoms with van der Waals surface area (Å²) < 4.78 is 10.0. The maximum Gasteiger partial charge on any atom is 0.223 e. The molecule has 0 saturated heterocycles. The zero-order valence-corrected chi connectivity index (χ0v) is 10.6. The summed E-state index contributed by atoms with van der Waals surface area (Å²) in [5.41, 5.74) is 1.12. The SMILES string of the molecule is Cc1nc(CNCc2ccc(OCC#N)cc2)no1. The molecule has 0 atom stereocenters. The first-order valence-corrected chi connectivity index (χ1v) is 5.86. The summed E-state index contributed by atoms with van der Waals surface area (Å²) in [6.45, 7) is 3.08. The van der Waals surface area contributed by atoms with E-state index in [2.05, 4.69) is 15.5 Å². The summed E-state index contributed by atoms with van der Waals surface area (Å²) in [7, 11) is 0. The van der Waals surface area contributed by atoms with Gasteiger partial charge in [0.05, 0.1) is 6.54 Å². The van der Waals surface area contributed by atoms with E-state index in [0.717, 1.165) is 5.56 Å². The van der Waals surface area contributed by atoms with Gasteiger partial charge in [-0.1, -0.05) is 17.3 Å². The third-order valence-electron chi connectivity index (χ3n) is 2.41. The number of nitrogens with zero attached hydrogens (tertiary/aromatic N) is 3. The summed E-state index contributed by atoms with van der Waals surface area (Å²) >= 11 is 0. The zero-order valence-electron chi connectivity index (χ0n) is 10.6. The molecule has 1 aromatic carbocycles. The van der Waals surface area contributed by atoms with Crippen LogP contribution in [-0.4, -0.2) is 16.7 Å². The predicted molar refractivity (Wildman–Crippen MR) is 67.1 cm³/mol. The van der Waals surface area contributed by atoms with Gasteiger partial charge in [0, 0.05) is 13.5 Å². The van der Waals surface area contributed by atoms with Crippen molar-refractivity contribution in [3.8, 4) is 11.8 Å². The lowest BCUT2D eigenvalue weighted by molar-refractivity contribution is 0.368. The fraction of sp³-hybridized carbons (Fsp3) is 0.308. The van der Waals surface area contributed by atoms with Gasteiger partial charge in [0.1, 0.15) is 11.8 Å². The van der Waals surface area contributed by atoms with Crippen molar-refractivity contribution < 1.29 is 9.26 Å². The second-order valence-corrected chi connectivity index (χ2v) is 3.92. The topological polar surface area (TPSA) is 84.0 Å². The normalized spacial score (nSPS) is 10.1. The highest BCUT2D eigenvalue weighted by Crippen LogP contribution is 2.11. The molecule has 98 valence electrons. The van der Waals surface area contributed by atoms with E-state index in [0.29, 0.717) is 30.6 Å². The molecule has 1 N–H and O–H groups in total. The van der Waals surface area contributed by atoms with Crippen LogP contribution in [0.25, 0.3) is 0 Å². The molecule has 0 aliphatic rings. The summed E-state index contributed by atoms with van der Waals surface area (Å²) in [4.78, 5) is 4.10. The van der Waals surface area contributed by atoms with Gasteiger partial charge in [-0.05, 0) is 17.7 Å². The van der Waals surface area contributed by atoms with Crippen molar-refractivity contribution in [3.63, 3.8) is 0 Å². The average Bonchev–Trinajstić information content (AvgIpc) is 2.84. The van der Waals surface area contributed by atoms with Crippen LogP contribution in [0.4, 0.5) is 0 Å². The second-order valence-electron chi connectivity index (χ2n) is 3.92. The summed E-state index contributed by atoms with van der Waals surface area (Å²) in [5.74, 6) is 1.90. The molecule has 0 fully saturated rings. The number of aromatic nitrogens is 2. The number of rotatable bonds is 6. The second kappa shape index (κ2) is 6.52. The molecule has 1 aromatic heterocycles. The first kappa shape index (κ1) is 13.1. The Morgan fingerprint density at radius 2 is 2.11 bits per heavy atom. The molecule has 0 radical (unpaired) electrons. The van der Waals surface area contributed by atoms with Crippen LogP contribution in [0.15, 0.2) is 28.8 Å². The number of aryl methyl sites for hydroxylation is 1. The van der Waals surface area contributed by atoms with Gasteiger partial charge < -0.3 is 14.6 Å². The van der Waals surface area contributed by atoms with E-state index in [1.165, 1.54) is 0 Å². The molecule has 0 aliphatic carbocycles. The molecule has 2 rings (SSSR count). The highest BCUT2D eigenvalue weighted by Gasteiger charge is 2.01. The Bertz CT molecular complexity index is 557. The molecule has 6 heteroatoms. The lowest BCUT2D eigenvalue weighted by Gasteiger charge is -2.04. The van der Waals surface area contributed by atoms with Crippen molar-refractivity contribution in [2.75, 3.05) is 6.61 Å². The van der Waals surface area contributed by atoms with Gasteiger partial charge >= 0.3 is 0 Å². The Morgan fingerprint density at radius 3 is 2.74 bits per heavy atom. The Balaban J connectivity index is 1.78. The minimum Gasteiger partial charge on any atom is -0.479 e. The van der Waals surface area contributed by atoms with Crippen LogP contribution in [0.2, 0.25) is 0 Å². The molecule has 19 heavy (non-hydrogen) atoms. The quantitative estimate of drug-likeness (QED) is 0.846. The molecule has 0 aliphatic heterocycles. The number of hydrogen-bond acceptors (Lipinski definition) is 6. The third kappa shape index (κ3) is 4.08. The van der Waals surface area contributed by atoms with E-state index < -0.39 is 0 Å². The van der Waals surface area contributed by atoms with Gasteiger partial charge in [-0.25, -0.2) is 0 Å². The van der Waals surface area contributed by atoms with E-state index in [1.807, 2.05) is 30.3 Å². The molecule has 0 amide bonds. The minimum absolute atomic E-state index is 0.0643.